The van der Waals surface area contributed by atoms with Crippen LogP contribution in [0.25, 0.3) is 0 Å². The van der Waals surface area contributed by atoms with E-state index in [0.29, 0.717) is 38.1 Å². The molecule has 5 heteroatoms. The van der Waals surface area contributed by atoms with Gasteiger partial charge in [0.15, 0.2) is 0 Å². The number of amides is 1. The number of nitrogens with zero attached hydrogens (tertiary/aromatic N) is 1. The highest BCUT2D eigenvalue weighted by atomic mass is 79.9. The van der Waals surface area contributed by atoms with E-state index >= 15 is 0 Å². The van der Waals surface area contributed by atoms with Crippen LogP contribution in [0.3, 0.4) is 0 Å². The molecule has 0 radical (unpaired) electrons. The first-order valence-corrected chi connectivity index (χ1v) is 8.38. The fourth-order valence-corrected chi connectivity index (χ4v) is 2.87. The van der Waals surface area contributed by atoms with Crippen LogP contribution in [0.1, 0.15) is 35.7 Å². The molecule has 114 valence electrons. The first kappa shape index (κ1) is 16.0. The second-order valence-electron chi connectivity index (χ2n) is 5.15. The quantitative estimate of drug-likeness (QED) is 0.617. The maximum Gasteiger partial charge on any atom is 0.309 e. The summed E-state index contributed by atoms with van der Waals surface area (Å²) in [5.74, 6) is -0.158. The normalized spacial score (nSPS) is 15.8. The lowest BCUT2D eigenvalue weighted by molar-refractivity contribution is -0.149. The van der Waals surface area contributed by atoms with E-state index in [1.54, 1.807) is 0 Å². The standard InChI is InChI=1S/C16H20BrNO3/c1-2-21-16(20)14-7-9-18(10-8-14)15(19)13-5-3-12(11-17)4-6-13/h3-6,14H,2,7-11H2,1H3. The van der Waals surface area contributed by atoms with Gasteiger partial charge in [-0.2, -0.15) is 0 Å². The van der Waals surface area contributed by atoms with Gasteiger partial charge in [0.2, 0.25) is 0 Å². The van der Waals surface area contributed by atoms with Gasteiger partial charge in [-0.3, -0.25) is 9.59 Å². The smallest absolute Gasteiger partial charge is 0.309 e. The highest BCUT2D eigenvalue weighted by Gasteiger charge is 2.28. The fraction of sp³-hybridized carbons (Fsp3) is 0.500. The van der Waals surface area contributed by atoms with Crippen molar-refractivity contribution in [1.82, 2.24) is 4.90 Å². The number of alkyl halides is 1. The summed E-state index contributed by atoms with van der Waals surface area (Å²) in [6.45, 7) is 3.45. The Balaban J connectivity index is 1.92. The number of piperidine rings is 1. The Morgan fingerprint density at radius 3 is 2.38 bits per heavy atom. The zero-order chi connectivity index (χ0) is 15.2. The van der Waals surface area contributed by atoms with E-state index in [9.17, 15) is 9.59 Å². The lowest BCUT2D eigenvalue weighted by Gasteiger charge is -2.31. The average molecular weight is 354 g/mol. The lowest BCUT2D eigenvalue weighted by atomic mass is 9.96. The van der Waals surface area contributed by atoms with Crippen molar-refractivity contribution in [2.75, 3.05) is 19.7 Å². The van der Waals surface area contributed by atoms with E-state index in [-0.39, 0.29) is 17.8 Å². The molecule has 0 spiro atoms. The molecule has 0 aliphatic carbocycles. The molecule has 21 heavy (non-hydrogen) atoms. The molecule has 1 aromatic rings. The zero-order valence-corrected chi connectivity index (χ0v) is 13.8. The van der Waals surface area contributed by atoms with Crippen molar-refractivity contribution in [1.29, 1.82) is 0 Å². The Bertz CT molecular complexity index is 493. The minimum atomic E-state index is -0.133. The fourth-order valence-electron chi connectivity index (χ4n) is 2.50. The van der Waals surface area contributed by atoms with E-state index in [1.807, 2.05) is 36.1 Å². The maximum atomic E-state index is 12.4. The van der Waals surface area contributed by atoms with E-state index < -0.39 is 0 Å². The van der Waals surface area contributed by atoms with Crippen LogP contribution in [0.2, 0.25) is 0 Å². The Morgan fingerprint density at radius 2 is 1.86 bits per heavy atom. The molecule has 0 unspecified atom stereocenters. The molecule has 1 fully saturated rings. The summed E-state index contributed by atoms with van der Waals surface area (Å²) < 4.78 is 5.04. The molecular formula is C16H20BrNO3. The first-order chi connectivity index (χ1) is 10.2. The van der Waals surface area contributed by atoms with Crippen LogP contribution in [-0.2, 0) is 14.9 Å². The van der Waals surface area contributed by atoms with Crippen molar-refractivity contribution in [3.05, 3.63) is 35.4 Å². The number of benzene rings is 1. The average Bonchev–Trinajstić information content (AvgIpc) is 2.54. The highest BCUT2D eigenvalue weighted by Crippen LogP contribution is 2.20. The van der Waals surface area contributed by atoms with Gasteiger partial charge in [0.1, 0.15) is 0 Å². The molecule has 1 aliphatic rings. The molecule has 1 heterocycles. The minimum Gasteiger partial charge on any atom is -0.466 e. The Hall–Kier alpha value is -1.36. The molecule has 0 aromatic heterocycles. The number of ether oxygens (including phenoxy) is 1. The van der Waals surface area contributed by atoms with Gasteiger partial charge >= 0.3 is 5.97 Å². The molecular weight excluding hydrogens is 334 g/mol. The first-order valence-electron chi connectivity index (χ1n) is 7.26. The molecule has 1 aromatic carbocycles. The summed E-state index contributed by atoms with van der Waals surface area (Å²) >= 11 is 3.39. The largest absolute Gasteiger partial charge is 0.466 e. The van der Waals surface area contributed by atoms with Gasteiger partial charge < -0.3 is 9.64 Å². The van der Waals surface area contributed by atoms with E-state index in [0.717, 1.165) is 10.9 Å². The van der Waals surface area contributed by atoms with Gasteiger partial charge in [-0.15, -0.1) is 0 Å². The van der Waals surface area contributed by atoms with E-state index in [4.69, 9.17) is 4.74 Å². The maximum absolute atomic E-state index is 12.4. The van der Waals surface area contributed by atoms with Gasteiger partial charge in [0.25, 0.3) is 5.91 Å². The summed E-state index contributed by atoms with van der Waals surface area (Å²) in [5.41, 5.74) is 1.85. The van der Waals surface area contributed by atoms with Crippen LogP contribution in [0.5, 0.6) is 0 Å². The SMILES string of the molecule is CCOC(=O)C1CCN(C(=O)c2ccc(CBr)cc2)CC1. The second kappa shape index (κ2) is 7.59. The Labute approximate surface area is 133 Å². The summed E-state index contributed by atoms with van der Waals surface area (Å²) in [4.78, 5) is 25.9. The van der Waals surface area contributed by atoms with Crippen molar-refractivity contribution in [2.24, 2.45) is 5.92 Å². The van der Waals surface area contributed by atoms with Crippen LogP contribution in [-0.4, -0.2) is 36.5 Å². The molecule has 0 N–H and O–H groups in total. The molecule has 1 aliphatic heterocycles. The van der Waals surface area contributed by atoms with Crippen LogP contribution in [0.4, 0.5) is 0 Å². The number of halogens is 1. The van der Waals surface area contributed by atoms with Gasteiger partial charge in [-0.1, -0.05) is 28.1 Å². The third-order valence-electron chi connectivity index (χ3n) is 3.76. The summed E-state index contributed by atoms with van der Waals surface area (Å²) in [5, 5.41) is 0.784. The number of carbonyl (C=O) groups is 2. The number of rotatable bonds is 4. The van der Waals surface area contributed by atoms with E-state index in [1.165, 1.54) is 0 Å². The van der Waals surface area contributed by atoms with Crippen molar-refractivity contribution < 1.29 is 14.3 Å². The monoisotopic (exact) mass is 353 g/mol. The number of hydrogen-bond donors (Lipinski definition) is 0. The highest BCUT2D eigenvalue weighted by molar-refractivity contribution is 9.08. The predicted molar refractivity (Wildman–Crippen MR) is 84.3 cm³/mol. The minimum absolute atomic E-state index is 0.0402. The van der Waals surface area contributed by atoms with Crippen molar-refractivity contribution in [3.63, 3.8) is 0 Å². The van der Waals surface area contributed by atoms with Gasteiger partial charge in [0.05, 0.1) is 12.5 Å². The Morgan fingerprint density at radius 1 is 1.24 bits per heavy atom. The molecule has 1 amide bonds. The molecule has 0 atom stereocenters. The zero-order valence-electron chi connectivity index (χ0n) is 12.2. The van der Waals surface area contributed by atoms with Crippen LogP contribution >= 0.6 is 15.9 Å². The van der Waals surface area contributed by atoms with Gasteiger partial charge in [-0.25, -0.2) is 0 Å². The lowest BCUT2D eigenvalue weighted by Crippen LogP contribution is -2.40. The van der Waals surface area contributed by atoms with Crippen molar-refractivity contribution in [2.45, 2.75) is 25.1 Å². The predicted octanol–water partition coefficient (Wildman–Crippen LogP) is 3.00. The number of carbonyl (C=O) groups excluding carboxylic acids is 2. The van der Waals surface area contributed by atoms with Crippen molar-refractivity contribution >= 4 is 27.8 Å². The van der Waals surface area contributed by atoms with Gasteiger partial charge in [0, 0.05) is 24.0 Å². The van der Waals surface area contributed by atoms with Crippen molar-refractivity contribution in [3.8, 4) is 0 Å². The number of likely N-dealkylation sites (tertiary alicyclic amines) is 1. The molecule has 1 saturated heterocycles. The molecule has 2 rings (SSSR count). The summed E-state index contributed by atoms with van der Waals surface area (Å²) in [7, 11) is 0. The third kappa shape index (κ3) is 4.06. The molecule has 0 bridgehead atoms. The second-order valence-corrected chi connectivity index (χ2v) is 5.71. The topological polar surface area (TPSA) is 46.6 Å². The van der Waals surface area contributed by atoms with Crippen LogP contribution < -0.4 is 0 Å². The molecule has 4 nitrogen and oxygen atoms in total. The Kier molecular flexibility index (Phi) is 5.79. The summed E-state index contributed by atoms with van der Waals surface area (Å²) in [6, 6.07) is 7.62. The number of esters is 1. The third-order valence-corrected chi connectivity index (χ3v) is 4.40. The van der Waals surface area contributed by atoms with Crippen LogP contribution in [0, 0.1) is 5.92 Å². The van der Waals surface area contributed by atoms with Crippen LogP contribution in [0.15, 0.2) is 24.3 Å². The van der Waals surface area contributed by atoms with E-state index in [2.05, 4.69) is 15.9 Å². The molecule has 0 saturated carbocycles. The summed E-state index contributed by atoms with van der Waals surface area (Å²) in [6.07, 6.45) is 1.37. The van der Waals surface area contributed by atoms with Gasteiger partial charge in [-0.05, 0) is 37.5 Å². The number of hydrogen-bond acceptors (Lipinski definition) is 3.